The predicted octanol–water partition coefficient (Wildman–Crippen LogP) is 3.66. The Bertz CT molecular complexity index is 1680. The largest absolute Gasteiger partial charge is 0.497 e. The molecule has 1 fully saturated rings. The van der Waals surface area contributed by atoms with Gasteiger partial charge in [-0.05, 0) is 41.0 Å². The first-order chi connectivity index (χ1) is 22.2. The highest BCUT2D eigenvalue weighted by molar-refractivity contribution is 5.99. The summed E-state index contributed by atoms with van der Waals surface area (Å²) in [5, 5.41) is 13.5. The van der Waals surface area contributed by atoms with Crippen molar-refractivity contribution in [3.05, 3.63) is 118 Å². The van der Waals surface area contributed by atoms with E-state index in [1.54, 1.807) is 14.2 Å². The van der Waals surface area contributed by atoms with Crippen LogP contribution in [0.25, 0.3) is 0 Å². The maximum atomic E-state index is 13.0. The quantitative estimate of drug-likeness (QED) is 0.186. The predicted molar refractivity (Wildman–Crippen MR) is 167 cm³/mol. The zero-order valence-electron chi connectivity index (χ0n) is 25.8. The number of carbonyl (C=O) groups excluding carboxylic acids is 2. The molecule has 1 aliphatic heterocycles. The van der Waals surface area contributed by atoms with Gasteiger partial charge in [0.05, 0.1) is 34.0 Å². The molecule has 1 saturated heterocycles. The number of nitrogens with one attached hydrogen (secondary N) is 1. The van der Waals surface area contributed by atoms with E-state index in [1.165, 1.54) is 20.2 Å². The number of aromatic nitrogens is 2. The summed E-state index contributed by atoms with van der Waals surface area (Å²) in [4.78, 5) is 41.0. The Hall–Kier alpha value is -5.04. The number of aliphatic hydroxyl groups excluding tert-OH is 1. The van der Waals surface area contributed by atoms with Crippen molar-refractivity contribution < 1.29 is 38.4 Å². The Morgan fingerprint density at radius 1 is 0.935 bits per heavy atom. The maximum Gasteiger partial charge on any atom is 0.351 e. The molecular formula is C34H35N3O9. The highest BCUT2D eigenvalue weighted by Crippen LogP contribution is 2.42. The first-order valence-electron chi connectivity index (χ1n) is 14.5. The summed E-state index contributed by atoms with van der Waals surface area (Å²) in [6, 6.07) is 24.7. The second-order valence-electron chi connectivity index (χ2n) is 10.6. The highest BCUT2D eigenvalue weighted by atomic mass is 16.6. The number of aliphatic hydroxyl groups is 1. The molecule has 0 unspecified atom stereocenters. The summed E-state index contributed by atoms with van der Waals surface area (Å²) >= 11 is 0. The molecular weight excluding hydrogens is 594 g/mol. The van der Waals surface area contributed by atoms with Crippen LogP contribution in [0.3, 0.4) is 0 Å². The molecule has 5 rings (SSSR count). The van der Waals surface area contributed by atoms with E-state index < -0.39 is 41.6 Å². The second kappa shape index (κ2) is 13.9. The van der Waals surface area contributed by atoms with Gasteiger partial charge in [0, 0.05) is 19.5 Å². The van der Waals surface area contributed by atoms with Crippen LogP contribution in [-0.2, 0) is 24.6 Å². The number of esters is 1. The number of ether oxygens (including phenoxy) is 5. The Morgan fingerprint density at radius 3 is 2.02 bits per heavy atom. The summed E-state index contributed by atoms with van der Waals surface area (Å²) in [5.74, 6) is -0.212. The SMILES string of the molecule is COC(=O)c1cn([C@H]2C[C@H](O)[C@@H](COC(c3ccccc3)(c3ccc(OC)cc3)c3ccc(OC)cc3)O2)c(=O)nc1NC(C)=O. The van der Waals surface area contributed by atoms with Crippen LogP contribution in [0.1, 0.15) is 46.6 Å². The van der Waals surface area contributed by atoms with Crippen molar-refractivity contribution >= 4 is 17.7 Å². The van der Waals surface area contributed by atoms with Crippen LogP contribution in [0.5, 0.6) is 11.5 Å². The molecule has 240 valence electrons. The van der Waals surface area contributed by atoms with E-state index in [2.05, 4.69) is 10.3 Å². The van der Waals surface area contributed by atoms with Crippen LogP contribution < -0.4 is 20.5 Å². The van der Waals surface area contributed by atoms with Gasteiger partial charge in [0.15, 0.2) is 5.82 Å². The van der Waals surface area contributed by atoms with Crippen molar-refractivity contribution in [2.24, 2.45) is 0 Å². The Balaban J connectivity index is 1.51. The van der Waals surface area contributed by atoms with Crippen molar-refractivity contribution in [3.8, 4) is 11.5 Å². The van der Waals surface area contributed by atoms with E-state index in [-0.39, 0.29) is 24.4 Å². The zero-order valence-corrected chi connectivity index (χ0v) is 25.8. The van der Waals surface area contributed by atoms with Crippen LogP contribution in [0.15, 0.2) is 89.9 Å². The Kier molecular flexibility index (Phi) is 9.81. The van der Waals surface area contributed by atoms with Crippen molar-refractivity contribution in [2.75, 3.05) is 33.3 Å². The van der Waals surface area contributed by atoms with E-state index in [0.29, 0.717) is 11.5 Å². The molecule has 3 aromatic carbocycles. The average molecular weight is 630 g/mol. The van der Waals surface area contributed by atoms with Gasteiger partial charge in [-0.15, -0.1) is 0 Å². The van der Waals surface area contributed by atoms with Gasteiger partial charge in [-0.2, -0.15) is 4.98 Å². The van der Waals surface area contributed by atoms with Gasteiger partial charge < -0.3 is 34.1 Å². The Morgan fingerprint density at radius 2 is 1.50 bits per heavy atom. The Labute approximate surface area is 265 Å². The minimum absolute atomic E-state index is 0.0130. The third-order valence-electron chi connectivity index (χ3n) is 7.80. The normalized spacial score (nSPS) is 17.7. The highest BCUT2D eigenvalue weighted by Gasteiger charge is 2.42. The number of anilines is 1. The van der Waals surface area contributed by atoms with Gasteiger partial charge in [0.1, 0.15) is 35.0 Å². The monoisotopic (exact) mass is 629 g/mol. The molecule has 0 spiro atoms. The fraction of sp³-hybridized carbons (Fsp3) is 0.294. The molecule has 0 radical (unpaired) electrons. The number of hydrogen-bond acceptors (Lipinski definition) is 10. The van der Waals surface area contributed by atoms with Gasteiger partial charge in [0.25, 0.3) is 0 Å². The third kappa shape index (κ3) is 6.50. The van der Waals surface area contributed by atoms with Crippen LogP contribution in [0.4, 0.5) is 5.82 Å². The number of nitrogens with zero attached hydrogens (tertiary/aromatic N) is 2. The number of benzene rings is 3. The first kappa shape index (κ1) is 32.4. The minimum atomic E-state index is -1.16. The fourth-order valence-corrected chi connectivity index (χ4v) is 5.51. The molecule has 1 aliphatic rings. The van der Waals surface area contributed by atoms with Crippen molar-refractivity contribution in [1.82, 2.24) is 9.55 Å². The van der Waals surface area contributed by atoms with Crippen molar-refractivity contribution in [2.45, 2.75) is 37.4 Å². The molecule has 1 aromatic heterocycles. The number of rotatable bonds is 11. The minimum Gasteiger partial charge on any atom is -0.497 e. The average Bonchev–Trinajstić information content (AvgIpc) is 3.45. The standard InChI is InChI=1S/C34H35N3O9/c1-21(38)35-31-27(32(40)44-4)19-37(33(41)36-31)30-18-28(39)29(46-30)20-45-34(22-8-6-5-7-9-22,23-10-14-25(42-2)15-11-23)24-12-16-26(43-3)17-13-24/h5-17,19,28-30,39H,18,20H2,1-4H3,(H,35,36,38,41)/t28-,29+,30+/m0/s1. The lowest BCUT2D eigenvalue weighted by atomic mass is 9.80. The molecule has 12 nitrogen and oxygen atoms in total. The lowest BCUT2D eigenvalue weighted by Gasteiger charge is -2.37. The number of methoxy groups -OCH3 is 3. The van der Waals surface area contributed by atoms with Crippen LogP contribution in [0.2, 0.25) is 0 Å². The van der Waals surface area contributed by atoms with Crippen molar-refractivity contribution in [3.63, 3.8) is 0 Å². The van der Waals surface area contributed by atoms with E-state index in [1.807, 2.05) is 78.9 Å². The number of hydrogen-bond donors (Lipinski definition) is 2. The molecule has 0 aliphatic carbocycles. The fourth-order valence-electron chi connectivity index (χ4n) is 5.51. The van der Waals surface area contributed by atoms with E-state index in [9.17, 15) is 19.5 Å². The molecule has 4 aromatic rings. The molecule has 0 saturated carbocycles. The van der Waals surface area contributed by atoms with Crippen molar-refractivity contribution in [1.29, 1.82) is 0 Å². The molecule has 2 N–H and O–H groups in total. The van der Waals surface area contributed by atoms with Crippen LogP contribution >= 0.6 is 0 Å². The van der Waals surface area contributed by atoms with Gasteiger partial charge in [-0.3, -0.25) is 9.36 Å². The molecule has 1 amide bonds. The van der Waals surface area contributed by atoms with Crippen LogP contribution in [0, 0.1) is 0 Å². The topological polar surface area (TPSA) is 147 Å². The lowest BCUT2D eigenvalue weighted by Crippen LogP contribution is -2.38. The van der Waals surface area contributed by atoms with Gasteiger partial charge in [-0.1, -0.05) is 54.6 Å². The van der Waals surface area contributed by atoms with Gasteiger partial charge in [-0.25, -0.2) is 9.59 Å². The summed E-state index contributed by atoms with van der Waals surface area (Å²) in [6.45, 7) is 1.14. The lowest BCUT2D eigenvalue weighted by molar-refractivity contribution is -0.114. The third-order valence-corrected chi connectivity index (χ3v) is 7.80. The number of carbonyl (C=O) groups is 2. The molecule has 3 atom stereocenters. The summed E-state index contributed by atoms with van der Waals surface area (Å²) in [5.41, 5.74) is 0.335. The zero-order chi connectivity index (χ0) is 32.8. The van der Waals surface area contributed by atoms with E-state index in [0.717, 1.165) is 21.3 Å². The molecule has 0 bridgehead atoms. The second-order valence-corrected chi connectivity index (χ2v) is 10.6. The maximum absolute atomic E-state index is 13.0. The summed E-state index contributed by atoms with van der Waals surface area (Å²) in [7, 11) is 4.36. The smallest absolute Gasteiger partial charge is 0.351 e. The van der Waals surface area contributed by atoms with Gasteiger partial charge >= 0.3 is 11.7 Å². The summed E-state index contributed by atoms with van der Waals surface area (Å²) in [6.07, 6.45) is -1.66. The van der Waals surface area contributed by atoms with E-state index in [4.69, 9.17) is 23.7 Å². The van der Waals surface area contributed by atoms with Gasteiger partial charge in [0.2, 0.25) is 5.91 Å². The molecule has 2 heterocycles. The number of amides is 1. The van der Waals surface area contributed by atoms with E-state index >= 15 is 0 Å². The van der Waals surface area contributed by atoms with Crippen LogP contribution in [-0.4, -0.2) is 66.7 Å². The summed E-state index contributed by atoms with van der Waals surface area (Å²) < 4.78 is 29.8. The molecule has 12 heteroatoms. The molecule has 46 heavy (non-hydrogen) atoms. The first-order valence-corrected chi connectivity index (χ1v) is 14.5.